The van der Waals surface area contributed by atoms with E-state index in [2.05, 4.69) is 33.5 Å². The highest BCUT2D eigenvalue weighted by Crippen LogP contribution is 2.29. The van der Waals surface area contributed by atoms with E-state index in [-0.39, 0.29) is 36.9 Å². The Labute approximate surface area is 479 Å². The van der Waals surface area contributed by atoms with Gasteiger partial charge >= 0.3 is 7.69 Å². The van der Waals surface area contributed by atoms with Gasteiger partial charge in [-0.2, -0.15) is 0 Å². The summed E-state index contributed by atoms with van der Waals surface area (Å²) in [7, 11) is 0.245. The molecule has 0 saturated carbocycles. The Morgan fingerprint density at radius 2 is 1.23 bits per heavy atom. The number of aliphatic hydroxyl groups is 6. The van der Waals surface area contributed by atoms with Gasteiger partial charge in [0.05, 0.1) is 31.0 Å². The Morgan fingerprint density at radius 1 is 0.687 bits per heavy atom. The number of ether oxygens (including phenoxy) is 1. The number of carbonyl (C=O) groups is 7. The molecule has 0 aliphatic carbocycles. The lowest BCUT2D eigenvalue weighted by molar-refractivity contribution is -0.147. The number of carbonyl (C=O) groups excluding carboxylic acids is 7. The van der Waals surface area contributed by atoms with Gasteiger partial charge in [-0.1, -0.05) is 75.2 Å². The largest absolute Gasteiger partial charge is 0.569 e. The van der Waals surface area contributed by atoms with Crippen LogP contribution in [0.4, 0.5) is 0 Å². The molecule has 25 heteroatoms. The fourth-order valence-electron chi connectivity index (χ4n) is 10.1. The topological polar surface area (TPSA) is 366 Å². The molecule has 1 radical (unpaired) electrons. The van der Waals surface area contributed by atoms with Crippen LogP contribution in [0.5, 0.6) is 11.5 Å². The molecule has 3 fully saturated rings. The first kappa shape index (κ1) is 62.7. The molecule has 7 amide bonds. The van der Waals surface area contributed by atoms with Gasteiger partial charge in [0.15, 0.2) is 6.23 Å². The number of aromatic hydroxyl groups is 1. The van der Waals surface area contributed by atoms with Gasteiger partial charge in [0, 0.05) is 43.0 Å². The third-order valence-corrected chi connectivity index (χ3v) is 14.8. The highest BCUT2D eigenvalue weighted by atomic mass is 16.5. The minimum atomic E-state index is -2.28. The molecule has 4 aromatic rings. The van der Waals surface area contributed by atoms with Crippen molar-refractivity contribution in [3.8, 4) is 33.8 Å². The van der Waals surface area contributed by atoms with Crippen molar-refractivity contribution in [1.29, 1.82) is 0 Å². The molecule has 13 N–H and O–H groups in total. The standard InChI is InChI=1S/C58H71BN7O17/c1-5-6-7-24-82-41-22-18-36(19-23-41)34-10-8-33(9-11-34)35-12-14-38(15-13-35)51(73)60-42-26-45(71)55(77)64-56(78)49-50(72)30(2)28-66(49)58(80)48(32(4)68)63-53(75)43(27-46(83-59-81)37-16-20-39(69)21-17-37)61-54(76)44-25-40(70)29-65(44)57(79)47(31(3)67)62-52(42)74/h8-23,27,30-32,40,42-45,47-50,55,67-72,77,81H,5-7,24-26,28-29H2,1-4H3,(H,60,73)(H,61,76)(H,62,74)(H,63,75)(H,64,78)/b46-27+/t30-,31+,32+,40+,42-,43-,44-,45+,47-,48-,49-,50-,55+/m0/s1. The molecule has 0 aromatic heterocycles. The van der Waals surface area contributed by atoms with Crippen LogP contribution >= 0.6 is 0 Å². The van der Waals surface area contributed by atoms with Gasteiger partial charge in [-0.25, -0.2) is 0 Å². The van der Waals surface area contributed by atoms with Crippen LogP contribution in [0.1, 0.15) is 75.7 Å². The number of fused-ring (bicyclic) bond motifs is 2. The van der Waals surface area contributed by atoms with Gasteiger partial charge in [0.1, 0.15) is 59.6 Å². The van der Waals surface area contributed by atoms with Gasteiger partial charge in [0.2, 0.25) is 35.4 Å². The van der Waals surface area contributed by atoms with Gasteiger partial charge in [-0.15, -0.1) is 0 Å². The molecule has 83 heavy (non-hydrogen) atoms. The average Bonchev–Trinajstić information content (AvgIpc) is 3.78. The van der Waals surface area contributed by atoms with Gasteiger partial charge in [0.25, 0.3) is 5.91 Å². The Hall–Kier alpha value is -7.91. The van der Waals surface area contributed by atoms with E-state index in [0.29, 0.717) is 6.61 Å². The molecule has 4 aromatic carbocycles. The number of unbranched alkanes of at least 4 members (excludes halogenated alkanes) is 2. The molecular weight excluding hydrogens is 1080 g/mol. The molecular formula is C58H71BN7O17. The van der Waals surface area contributed by atoms with E-state index in [1.54, 1.807) is 12.1 Å². The van der Waals surface area contributed by atoms with E-state index in [4.69, 9.17) is 9.39 Å². The van der Waals surface area contributed by atoms with Crippen LogP contribution in [0.2, 0.25) is 0 Å². The predicted octanol–water partition coefficient (Wildman–Crippen LogP) is -0.437. The molecule has 443 valence electrons. The number of nitrogens with zero attached hydrogens (tertiary/aromatic N) is 2. The summed E-state index contributed by atoms with van der Waals surface area (Å²) in [6.07, 6.45) is -8.09. The number of phenols is 1. The molecule has 24 nitrogen and oxygen atoms in total. The first-order valence-electron chi connectivity index (χ1n) is 27.4. The first-order chi connectivity index (χ1) is 39.6. The SMILES string of the molecule is CCCCCOc1ccc(-c2ccc(-c3ccc(C(=O)N[C@H]4C[C@@H](O)[C@@H](O)NC(=O)[C@@H]5[C@@H](O)[C@@H](C)CN5C(=O)[C@H]([C@@H](C)O)NC(=O)[C@H](/C=C(/O[B]O)c5ccc(O)cc5)NC(=O)[C@@H]5C[C@@H](O)CN5C(=O)[C@H]([C@@H](C)O)NC4=O)cc3)cc2)cc1. The van der Waals surface area contributed by atoms with Crippen LogP contribution in [0.15, 0.2) is 103 Å². The first-order valence-corrected chi connectivity index (χ1v) is 27.4. The molecule has 0 bridgehead atoms. The summed E-state index contributed by atoms with van der Waals surface area (Å²) >= 11 is 0. The number of hydrogen-bond donors (Lipinski definition) is 13. The van der Waals surface area contributed by atoms with Crippen LogP contribution in [-0.2, 0) is 33.4 Å². The summed E-state index contributed by atoms with van der Waals surface area (Å²) in [4.78, 5) is 102. The van der Waals surface area contributed by atoms with Gasteiger partial charge in [-0.3, -0.25) is 33.6 Å². The number of aliphatic hydroxyl groups excluding tert-OH is 6. The minimum Gasteiger partial charge on any atom is -0.537 e. The van der Waals surface area contributed by atoms with Crippen molar-refractivity contribution >= 4 is 54.8 Å². The second-order valence-corrected chi connectivity index (χ2v) is 21.1. The summed E-state index contributed by atoms with van der Waals surface area (Å²) in [6, 6.07) is 15.8. The van der Waals surface area contributed by atoms with E-state index in [1.807, 2.05) is 48.5 Å². The third kappa shape index (κ3) is 15.6. The van der Waals surface area contributed by atoms with E-state index < -0.39 is 140 Å². The molecule has 3 saturated heterocycles. The van der Waals surface area contributed by atoms with Crippen molar-refractivity contribution in [2.75, 3.05) is 19.7 Å². The second kappa shape index (κ2) is 28.4. The molecule has 3 aliphatic heterocycles. The number of hydrogen-bond acceptors (Lipinski definition) is 17. The van der Waals surface area contributed by atoms with Gasteiger partial charge in [-0.05, 0) is 97.1 Å². The zero-order valence-electron chi connectivity index (χ0n) is 46.2. The third-order valence-electron chi connectivity index (χ3n) is 14.8. The summed E-state index contributed by atoms with van der Waals surface area (Å²) in [5, 5.41) is 98.6. The summed E-state index contributed by atoms with van der Waals surface area (Å²) < 4.78 is 11.1. The maximum absolute atomic E-state index is 14.5. The lowest BCUT2D eigenvalue weighted by Gasteiger charge is -2.32. The Balaban J connectivity index is 1.19. The summed E-state index contributed by atoms with van der Waals surface area (Å²) in [5.74, 6) is -8.47. The fraction of sp³-hybridized carbons (Fsp3) is 0.431. The quantitative estimate of drug-likeness (QED) is 0.0408. The number of phenolic OH excluding ortho intramolecular Hbond substituents is 1. The van der Waals surface area contributed by atoms with Crippen molar-refractivity contribution in [1.82, 2.24) is 36.4 Å². The Morgan fingerprint density at radius 3 is 1.80 bits per heavy atom. The Kier molecular flexibility index (Phi) is 21.4. The normalized spacial score (nSPS) is 26.7. The highest BCUT2D eigenvalue weighted by Gasteiger charge is 2.49. The molecule has 7 rings (SSSR count). The maximum atomic E-state index is 14.5. The van der Waals surface area contributed by atoms with Crippen molar-refractivity contribution < 1.29 is 83.7 Å². The van der Waals surface area contributed by atoms with E-state index >= 15 is 0 Å². The van der Waals surface area contributed by atoms with E-state index in [9.17, 15) is 74.3 Å². The van der Waals surface area contributed by atoms with Crippen LogP contribution in [0, 0.1) is 5.92 Å². The van der Waals surface area contributed by atoms with Crippen LogP contribution in [0.3, 0.4) is 0 Å². The maximum Gasteiger partial charge on any atom is 0.569 e. The zero-order chi connectivity index (χ0) is 60.2. The lowest BCUT2D eigenvalue weighted by Crippen LogP contribution is -2.62. The predicted molar refractivity (Wildman–Crippen MR) is 299 cm³/mol. The average molecular weight is 1150 g/mol. The number of nitrogens with one attached hydrogen (secondary N) is 5. The van der Waals surface area contributed by atoms with Crippen LogP contribution in [0.25, 0.3) is 28.0 Å². The molecule has 3 aliphatic rings. The van der Waals surface area contributed by atoms with Gasteiger partial charge < -0.3 is 86.5 Å². The molecule has 13 atom stereocenters. The van der Waals surface area contributed by atoms with E-state index in [1.165, 1.54) is 43.3 Å². The van der Waals surface area contributed by atoms with E-state index in [0.717, 1.165) is 77.0 Å². The van der Waals surface area contributed by atoms with Crippen molar-refractivity contribution in [2.24, 2.45) is 5.92 Å². The zero-order valence-corrected chi connectivity index (χ0v) is 46.2. The number of amides is 7. The monoisotopic (exact) mass is 1150 g/mol. The van der Waals surface area contributed by atoms with Crippen LogP contribution in [-0.4, -0.2) is 192 Å². The minimum absolute atomic E-state index is 0.0193. The molecule has 0 spiro atoms. The molecule has 0 unspecified atom stereocenters. The lowest BCUT2D eigenvalue weighted by atomic mass is 9.99. The summed E-state index contributed by atoms with van der Waals surface area (Å²) in [5.41, 5.74) is 3.60. The van der Waals surface area contributed by atoms with Crippen molar-refractivity contribution in [3.63, 3.8) is 0 Å². The number of benzene rings is 4. The highest BCUT2D eigenvalue weighted by molar-refractivity contribution is 6.18. The number of rotatable bonds is 15. The van der Waals surface area contributed by atoms with Crippen molar-refractivity contribution in [2.45, 2.75) is 133 Å². The molecule has 3 heterocycles. The smallest absolute Gasteiger partial charge is 0.537 e. The Bertz CT molecular complexity index is 2950. The summed E-state index contributed by atoms with van der Waals surface area (Å²) in [6.45, 7) is 5.63. The fourth-order valence-corrected chi connectivity index (χ4v) is 10.1. The van der Waals surface area contributed by atoms with Crippen LogP contribution < -0.4 is 31.3 Å². The van der Waals surface area contributed by atoms with Crippen molar-refractivity contribution in [3.05, 3.63) is 114 Å². The second-order valence-electron chi connectivity index (χ2n) is 21.1.